The highest BCUT2D eigenvalue weighted by molar-refractivity contribution is 6.04. The number of carbonyl (C=O) groups is 2. The maximum absolute atomic E-state index is 11.8. The van der Waals surface area contributed by atoms with Crippen LogP contribution in [0.5, 0.6) is 0 Å². The van der Waals surface area contributed by atoms with Crippen LogP contribution in [0, 0.1) is 5.41 Å². The molecule has 1 fully saturated rings. The molecule has 1 saturated heterocycles. The van der Waals surface area contributed by atoms with E-state index in [2.05, 4.69) is 10.1 Å². The van der Waals surface area contributed by atoms with Crippen molar-refractivity contribution in [2.75, 3.05) is 20.3 Å². The molecule has 1 aliphatic heterocycles. The minimum absolute atomic E-state index is 0.0552. The van der Waals surface area contributed by atoms with E-state index in [1.807, 2.05) is 13.8 Å². The lowest BCUT2D eigenvalue weighted by Gasteiger charge is -2.37. The summed E-state index contributed by atoms with van der Waals surface area (Å²) in [5.41, 5.74) is -1.11. The first-order chi connectivity index (χ1) is 7.06. The van der Waals surface area contributed by atoms with E-state index in [0.717, 1.165) is 6.42 Å². The van der Waals surface area contributed by atoms with Gasteiger partial charge in [0, 0.05) is 6.04 Å². The highest BCUT2D eigenvalue weighted by atomic mass is 16.5. The highest BCUT2D eigenvalue weighted by Gasteiger charge is 2.54. The average molecular weight is 215 g/mol. The van der Waals surface area contributed by atoms with Gasteiger partial charge in [0.2, 0.25) is 5.91 Å². The molecule has 0 aromatic rings. The summed E-state index contributed by atoms with van der Waals surface area (Å²) in [5.74, 6) is -0.815. The fourth-order valence-electron chi connectivity index (χ4n) is 1.31. The second-order valence-electron chi connectivity index (χ2n) is 3.85. The molecule has 1 atom stereocenters. The van der Waals surface area contributed by atoms with E-state index in [-0.39, 0.29) is 25.2 Å². The third-order valence-electron chi connectivity index (χ3n) is 2.70. The van der Waals surface area contributed by atoms with Crippen LogP contribution in [0.1, 0.15) is 20.3 Å². The minimum Gasteiger partial charge on any atom is -0.468 e. The number of nitrogens with one attached hydrogen (secondary N) is 1. The van der Waals surface area contributed by atoms with Crippen LogP contribution >= 0.6 is 0 Å². The van der Waals surface area contributed by atoms with Crippen molar-refractivity contribution in [2.45, 2.75) is 26.3 Å². The van der Waals surface area contributed by atoms with Gasteiger partial charge in [0.05, 0.1) is 20.3 Å². The molecule has 0 aromatic carbocycles. The van der Waals surface area contributed by atoms with Gasteiger partial charge >= 0.3 is 5.97 Å². The van der Waals surface area contributed by atoms with Crippen LogP contribution in [-0.2, 0) is 19.1 Å². The first-order valence-electron chi connectivity index (χ1n) is 5.04. The molecule has 1 N–H and O–H groups in total. The molecule has 15 heavy (non-hydrogen) atoms. The summed E-state index contributed by atoms with van der Waals surface area (Å²) in [6.45, 7) is 4.08. The van der Waals surface area contributed by atoms with Crippen LogP contribution in [0.2, 0.25) is 0 Å². The second-order valence-corrected chi connectivity index (χ2v) is 3.85. The van der Waals surface area contributed by atoms with Crippen LogP contribution in [-0.4, -0.2) is 38.2 Å². The van der Waals surface area contributed by atoms with Gasteiger partial charge in [-0.3, -0.25) is 9.59 Å². The zero-order chi connectivity index (χ0) is 11.5. The van der Waals surface area contributed by atoms with E-state index in [9.17, 15) is 9.59 Å². The van der Waals surface area contributed by atoms with E-state index >= 15 is 0 Å². The first kappa shape index (κ1) is 12.0. The van der Waals surface area contributed by atoms with E-state index in [1.54, 1.807) is 0 Å². The molecule has 0 radical (unpaired) electrons. The average Bonchev–Trinajstić information content (AvgIpc) is 2.15. The first-order valence-corrected chi connectivity index (χ1v) is 5.04. The van der Waals surface area contributed by atoms with Gasteiger partial charge in [0.25, 0.3) is 0 Å². The molecular formula is C10H17NO4. The van der Waals surface area contributed by atoms with Crippen molar-refractivity contribution in [1.82, 2.24) is 5.32 Å². The van der Waals surface area contributed by atoms with Crippen molar-refractivity contribution < 1.29 is 19.1 Å². The molecule has 1 aliphatic rings. The quantitative estimate of drug-likeness (QED) is 0.533. The van der Waals surface area contributed by atoms with E-state index in [0.29, 0.717) is 0 Å². The Morgan fingerprint density at radius 2 is 2.13 bits per heavy atom. The Balaban J connectivity index is 2.66. The third kappa shape index (κ3) is 2.12. The third-order valence-corrected chi connectivity index (χ3v) is 2.70. The summed E-state index contributed by atoms with van der Waals surface area (Å²) in [4.78, 5) is 23.3. The number of rotatable bonds is 4. The molecule has 0 aromatic heterocycles. The number of hydrogen-bond acceptors (Lipinski definition) is 4. The van der Waals surface area contributed by atoms with Crippen LogP contribution in [0.3, 0.4) is 0 Å². The lowest BCUT2D eigenvalue weighted by atomic mass is 9.84. The van der Waals surface area contributed by atoms with Crippen molar-refractivity contribution in [1.29, 1.82) is 0 Å². The predicted octanol–water partition coefficient (Wildman–Crippen LogP) is 0.0907. The predicted molar refractivity (Wildman–Crippen MR) is 53.2 cm³/mol. The van der Waals surface area contributed by atoms with Crippen LogP contribution in [0.25, 0.3) is 0 Å². The minimum atomic E-state index is -1.11. The van der Waals surface area contributed by atoms with Crippen LogP contribution in [0.15, 0.2) is 0 Å². The van der Waals surface area contributed by atoms with Gasteiger partial charge in [-0.15, -0.1) is 0 Å². The van der Waals surface area contributed by atoms with E-state index in [1.165, 1.54) is 7.11 Å². The smallest absolute Gasteiger partial charge is 0.326 e. The van der Waals surface area contributed by atoms with Crippen molar-refractivity contribution >= 4 is 11.9 Å². The molecule has 5 heteroatoms. The molecule has 0 bridgehead atoms. The maximum atomic E-state index is 11.8. The zero-order valence-corrected chi connectivity index (χ0v) is 9.33. The number of ether oxygens (including phenoxy) is 2. The molecule has 0 aliphatic carbocycles. The van der Waals surface area contributed by atoms with Gasteiger partial charge in [-0.05, 0) is 13.3 Å². The molecule has 1 heterocycles. The second kappa shape index (κ2) is 4.61. The van der Waals surface area contributed by atoms with Crippen LogP contribution < -0.4 is 5.32 Å². The Bertz CT molecular complexity index is 260. The highest BCUT2D eigenvalue weighted by Crippen LogP contribution is 2.29. The van der Waals surface area contributed by atoms with Gasteiger partial charge < -0.3 is 14.8 Å². The summed E-state index contributed by atoms with van der Waals surface area (Å²) in [7, 11) is 1.28. The van der Waals surface area contributed by atoms with Gasteiger partial charge in [-0.1, -0.05) is 6.92 Å². The van der Waals surface area contributed by atoms with Gasteiger partial charge in [0.15, 0.2) is 5.41 Å². The molecular weight excluding hydrogens is 198 g/mol. The summed E-state index contributed by atoms with van der Waals surface area (Å²) >= 11 is 0. The van der Waals surface area contributed by atoms with Crippen LogP contribution in [0.4, 0.5) is 0 Å². The normalized spacial score (nSPS) is 19.9. The Morgan fingerprint density at radius 1 is 1.53 bits per heavy atom. The molecule has 0 saturated carbocycles. The molecule has 86 valence electrons. The Labute approximate surface area is 89.1 Å². The summed E-state index contributed by atoms with van der Waals surface area (Å²) in [6.07, 6.45) is 0.823. The van der Waals surface area contributed by atoms with E-state index in [4.69, 9.17) is 4.74 Å². The lowest BCUT2D eigenvalue weighted by Crippen LogP contribution is -2.60. The lowest BCUT2D eigenvalue weighted by molar-refractivity contribution is -0.188. The zero-order valence-electron chi connectivity index (χ0n) is 9.33. The number of hydrogen-bond donors (Lipinski definition) is 1. The van der Waals surface area contributed by atoms with Crippen molar-refractivity contribution in [3.63, 3.8) is 0 Å². The monoisotopic (exact) mass is 215 g/mol. The molecule has 5 nitrogen and oxygen atoms in total. The topological polar surface area (TPSA) is 64.6 Å². The van der Waals surface area contributed by atoms with Gasteiger partial charge in [-0.25, -0.2) is 0 Å². The maximum Gasteiger partial charge on any atom is 0.326 e. The van der Waals surface area contributed by atoms with Crippen molar-refractivity contribution in [2.24, 2.45) is 5.41 Å². The number of methoxy groups -OCH3 is 1. The molecule has 0 spiro atoms. The van der Waals surface area contributed by atoms with Gasteiger partial charge in [0.1, 0.15) is 0 Å². The Kier molecular flexibility index (Phi) is 3.68. The summed E-state index contributed by atoms with van der Waals surface area (Å²) < 4.78 is 9.55. The van der Waals surface area contributed by atoms with Gasteiger partial charge in [-0.2, -0.15) is 0 Å². The Morgan fingerprint density at radius 3 is 2.47 bits per heavy atom. The van der Waals surface area contributed by atoms with Crippen molar-refractivity contribution in [3.8, 4) is 0 Å². The number of amides is 1. The Hall–Kier alpha value is -1.10. The SMILES string of the molecule is CCC(C)NC(=O)C1(C(=O)OC)COC1. The number of esters is 1. The number of carbonyl (C=O) groups excluding carboxylic acids is 2. The summed E-state index contributed by atoms with van der Waals surface area (Å²) in [6, 6.07) is 0.0552. The van der Waals surface area contributed by atoms with Crippen molar-refractivity contribution in [3.05, 3.63) is 0 Å². The largest absolute Gasteiger partial charge is 0.468 e. The summed E-state index contributed by atoms with van der Waals surface area (Å²) in [5, 5.41) is 2.77. The molecule has 1 rings (SSSR count). The molecule has 1 unspecified atom stereocenters. The molecule has 1 amide bonds. The van der Waals surface area contributed by atoms with E-state index < -0.39 is 11.4 Å². The fraction of sp³-hybridized carbons (Fsp3) is 0.800. The standard InChI is InChI=1S/C10H17NO4/c1-4-7(2)11-8(12)10(5-15-6-10)9(13)14-3/h7H,4-6H2,1-3H3,(H,11,12). The fourth-order valence-corrected chi connectivity index (χ4v) is 1.31.